The zero-order valence-electron chi connectivity index (χ0n) is 11.2. The summed E-state index contributed by atoms with van der Waals surface area (Å²) in [5.41, 5.74) is 0.562. The summed E-state index contributed by atoms with van der Waals surface area (Å²) in [5.74, 6) is 0.396. The van der Waals surface area contributed by atoms with E-state index in [2.05, 4.69) is 31.6 Å². The van der Waals surface area contributed by atoms with Gasteiger partial charge in [-0.3, -0.25) is 0 Å². The highest BCUT2D eigenvalue weighted by Gasteiger charge is 2.03. The van der Waals surface area contributed by atoms with Crippen LogP contribution in [0.2, 0.25) is 0 Å². The molecule has 0 radical (unpaired) electrons. The highest BCUT2D eigenvalue weighted by atomic mass is 79.9. The Balaban J connectivity index is 2.63. The van der Waals surface area contributed by atoms with Crippen molar-refractivity contribution in [1.29, 1.82) is 0 Å². The summed E-state index contributed by atoms with van der Waals surface area (Å²) >= 11 is 3.23. The van der Waals surface area contributed by atoms with E-state index < -0.39 is 0 Å². The lowest BCUT2D eigenvalue weighted by Gasteiger charge is -2.11. The number of benzene rings is 1. The van der Waals surface area contributed by atoms with Gasteiger partial charge in [0.15, 0.2) is 5.96 Å². The zero-order chi connectivity index (χ0) is 14.1. The van der Waals surface area contributed by atoms with Crippen molar-refractivity contribution < 1.29 is 9.13 Å². The minimum absolute atomic E-state index is 0.258. The molecule has 0 aromatic heterocycles. The van der Waals surface area contributed by atoms with Crippen molar-refractivity contribution in [1.82, 2.24) is 10.6 Å². The van der Waals surface area contributed by atoms with Gasteiger partial charge >= 0.3 is 0 Å². The maximum absolute atomic E-state index is 13.6. The third kappa shape index (κ3) is 6.02. The van der Waals surface area contributed by atoms with Gasteiger partial charge in [0.1, 0.15) is 5.82 Å². The summed E-state index contributed by atoms with van der Waals surface area (Å²) in [6, 6.07) is 4.97. The van der Waals surface area contributed by atoms with Crippen molar-refractivity contribution in [3.8, 4) is 0 Å². The Hall–Kier alpha value is -1.14. The Bertz CT molecular complexity index is 426. The highest BCUT2D eigenvalue weighted by molar-refractivity contribution is 9.10. The Labute approximate surface area is 121 Å². The fourth-order valence-electron chi connectivity index (χ4n) is 1.43. The molecule has 0 unspecified atom stereocenters. The molecule has 0 aliphatic heterocycles. The van der Waals surface area contributed by atoms with Gasteiger partial charge < -0.3 is 15.4 Å². The largest absolute Gasteiger partial charge is 0.383 e. The normalized spacial score (nSPS) is 11.5. The van der Waals surface area contributed by atoms with Crippen molar-refractivity contribution in [2.75, 3.05) is 26.8 Å². The molecule has 0 aliphatic rings. The molecule has 0 fully saturated rings. The highest BCUT2D eigenvalue weighted by Crippen LogP contribution is 2.15. The topological polar surface area (TPSA) is 45.7 Å². The Morgan fingerprint density at radius 2 is 2.21 bits per heavy atom. The number of hydrogen-bond acceptors (Lipinski definition) is 2. The third-order valence-electron chi connectivity index (χ3n) is 2.37. The summed E-state index contributed by atoms with van der Waals surface area (Å²) < 4.78 is 19.3. The minimum atomic E-state index is -0.258. The number of nitrogens with one attached hydrogen (secondary N) is 2. The molecule has 19 heavy (non-hydrogen) atoms. The van der Waals surface area contributed by atoms with Crippen LogP contribution in [-0.4, -0.2) is 32.8 Å². The Morgan fingerprint density at radius 3 is 2.84 bits per heavy atom. The van der Waals surface area contributed by atoms with Crippen molar-refractivity contribution in [2.24, 2.45) is 4.99 Å². The average Bonchev–Trinajstić information content (AvgIpc) is 2.37. The van der Waals surface area contributed by atoms with Crippen LogP contribution >= 0.6 is 15.9 Å². The monoisotopic (exact) mass is 331 g/mol. The predicted molar refractivity (Wildman–Crippen MR) is 78.8 cm³/mol. The van der Waals surface area contributed by atoms with Crippen molar-refractivity contribution in [2.45, 2.75) is 13.5 Å². The molecule has 0 spiro atoms. The van der Waals surface area contributed by atoms with Gasteiger partial charge in [-0.25, -0.2) is 9.38 Å². The number of methoxy groups -OCH3 is 1. The van der Waals surface area contributed by atoms with Gasteiger partial charge in [0.25, 0.3) is 0 Å². The second-order valence-electron chi connectivity index (χ2n) is 3.85. The number of hydrogen-bond donors (Lipinski definition) is 2. The number of aliphatic imine (C=N–C) groups is 1. The Morgan fingerprint density at radius 1 is 1.42 bits per heavy atom. The van der Waals surface area contributed by atoms with Crippen LogP contribution in [0.3, 0.4) is 0 Å². The van der Waals surface area contributed by atoms with Crippen LogP contribution in [0.15, 0.2) is 27.7 Å². The smallest absolute Gasteiger partial charge is 0.191 e. The van der Waals surface area contributed by atoms with Crippen molar-refractivity contribution >= 4 is 21.9 Å². The maximum Gasteiger partial charge on any atom is 0.191 e. The second kappa shape index (κ2) is 8.87. The van der Waals surface area contributed by atoms with E-state index in [0.717, 1.165) is 11.0 Å². The predicted octanol–water partition coefficient (Wildman–Crippen LogP) is 2.29. The second-order valence-corrected chi connectivity index (χ2v) is 4.77. The lowest BCUT2D eigenvalue weighted by molar-refractivity contribution is 0.203. The van der Waals surface area contributed by atoms with E-state index in [1.165, 1.54) is 6.07 Å². The summed E-state index contributed by atoms with van der Waals surface area (Å²) in [6.45, 7) is 4.28. The molecule has 0 saturated heterocycles. The quantitative estimate of drug-likeness (QED) is 0.477. The number of nitrogens with zero attached hydrogens (tertiary/aromatic N) is 1. The minimum Gasteiger partial charge on any atom is -0.383 e. The van der Waals surface area contributed by atoms with Crippen LogP contribution in [0.5, 0.6) is 0 Å². The number of rotatable bonds is 6. The van der Waals surface area contributed by atoms with Gasteiger partial charge in [-0.05, 0) is 19.1 Å². The van der Waals surface area contributed by atoms with Crippen molar-refractivity contribution in [3.05, 3.63) is 34.1 Å². The van der Waals surface area contributed by atoms with Crippen LogP contribution < -0.4 is 10.6 Å². The fraction of sp³-hybridized carbons (Fsp3) is 0.462. The molecule has 0 heterocycles. The molecule has 0 amide bonds. The van der Waals surface area contributed by atoms with E-state index in [1.54, 1.807) is 19.2 Å². The van der Waals surface area contributed by atoms with E-state index in [1.807, 2.05) is 6.92 Å². The molecular formula is C13H19BrFN3O. The van der Waals surface area contributed by atoms with E-state index in [0.29, 0.717) is 31.2 Å². The van der Waals surface area contributed by atoms with E-state index in [-0.39, 0.29) is 5.82 Å². The lowest BCUT2D eigenvalue weighted by Crippen LogP contribution is -2.38. The van der Waals surface area contributed by atoms with Gasteiger partial charge in [0, 0.05) is 30.2 Å². The summed E-state index contributed by atoms with van der Waals surface area (Å²) in [4.78, 5) is 4.33. The molecule has 1 rings (SSSR count). The van der Waals surface area contributed by atoms with E-state index >= 15 is 0 Å². The average molecular weight is 332 g/mol. The standard InChI is InChI=1S/C13H19BrFN3O/c1-3-16-13(17-6-7-19-2)18-9-10-4-5-11(14)8-12(10)15/h4-5,8H,3,6-7,9H2,1-2H3,(H2,16,17,18). The molecule has 0 saturated carbocycles. The molecule has 4 nitrogen and oxygen atoms in total. The lowest BCUT2D eigenvalue weighted by atomic mass is 10.2. The van der Waals surface area contributed by atoms with Crippen LogP contribution in [-0.2, 0) is 11.3 Å². The molecule has 0 bridgehead atoms. The molecule has 0 aliphatic carbocycles. The summed E-state index contributed by atoms with van der Waals surface area (Å²) in [7, 11) is 1.64. The maximum atomic E-state index is 13.6. The molecule has 1 aromatic carbocycles. The zero-order valence-corrected chi connectivity index (χ0v) is 12.8. The first-order chi connectivity index (χ1) is 9.17. The first kappa shape index (κ1) is 15.9. The van der Waals surface area contributed by atoms with Crippen LogP contribution in [0.4, 0.5) is 4.39 Å². The molecular weight excluding hydrogens is 313 g/mol. The van der Waals surface area contributed by atoms with Gasteiger partial charge in [-0.1, -0.05) is 22.0 Å². The molecule has 2 N–H and O–H groups in total. The SMILES string of the molecule is CCNC(=NCc1ccc(Br)cc1F)NCCOC. The molecule has 1 aromatic rings. The number of halogens is 2. The molecule has 0 atom stereocenters. The van der Waals surface area contributed by atoms with Gasteiger partial charge in [0.2, 0.25) is 0 Å². The summed E-state index contributed by atoms with van der Waals surface area (Å²) in [6.07, 6.45) is 0. The molecule has 106 valence electrons. The van der Waals surface area contributed by atoms with Crippen LogP contribution in [0, 0.1) is 5.82 Å². The van der Waals surface area contributed by atoms with Crippen LogP contribution in [0.1, 0.15) is 12.5 Å². The van der Waals surface area contributed by atoms with E-state index in [9.17, 15) is 4.39 Å². The first-order valence-corrected chi connectivity index (χ1v) is 6.91. The summed E-state index contributed by atoms with van der Waals surface area (Å²) in [5, 5.41) is 6.20. The number of guanidine groups is 1. The van der Waals surface area contributed by atoms with Crippen LogP contribution in [0.25, 0.3) is 0 Å². The first-order valence-electron chi connectivity index (χ1n) is 6.12. The number of ether oxygens (including phenoxy) is 1. The van der Waals surface area contributed by atoms with Gasteiger partial charge in [-0.2, -0.15) is 0 Å². The van der Waals surface area contributed by atoms with Gasteiger partial charge in [-0.15, -0.1) is 0 Å². The van der Waals surface area contributed by atoms with E-state index in [4.69, 9.17) is 4.74 Å². The Kier molecular flexibility index (Phi) is 7.43. The van der Waals surface area contributed by atoms with Gasteiger partial charge in [0.05, 0.1) is 13.2 Å². The van der Waals surface area contributed by atoms with Crippen molar-refractivity contribution in [3.63, 3.8) is 0 Å². The fourth-order valence-corrected chi connectivity index (χ4v) is 1.76. The molecule has 6 heteroatoms. The third-order valence-corrected chi connectivity index (χ3v) is 2.86.